The Balaban J connectivity index is 2.63. The third kappa shape index (κ3) is 3.73. The molecule has 1 aromatic rings. The lowest BCUT2D eigenvalue weighted by Gasteiger charge is -2.02. The van der Waals surface area contributed by atoms with Crippen molar-refractivity contribution in [3.05, 3.63) is 41.5 Å². The van der Waals surface area contributed by atoms with E-state index in [4.69, 9.17) is 5.73 Å². The van der Waals surface area contributed by atoms with Gasteiger partial charge in [0.15, 0.2) is 0 Å². The predicted octanol–water partition coefficient (Wildman–Crippen LogP) is 1.77. The van der Waals surface area contributed by atoms with Crippen LogP contribution in [0.15, 0.2) is 30.3 Å². The SMILES string of the molecule is CCNCc1cccc(C=CCN)c1. The van der Waals surface area contributed by atoms with Crippen LogP contribution in [0.1, 0.15) is 18.1 Å². The Labute approximate surface area is 85.8 Å². The van der Waals surface area contributed by atoms with E-state index in [0.717, 1.165) is 13.1 Å². The van der Waals surface area contributed by atoms with E-state index >= 15 is 0 Å². The maximum atomic E-state index is 5.40. The molecule has 0 bridgehead atoms. The number of nitrogens with two attached hydrogens (primary N) is 1. The van der Waals surface area contributed by atoms with Crippen molar-refractivity contribution in [2.24, 2.45) is 5.73 Å². The van der Waals surface area contributed by atoms with Gasteiger partial charge in [-0.1, -0.05) is 43.3 Å². The van der Waals surface area contributed by atoms with Gasteiger partial charge in [-0.2, -0.15) is 0 Å². The van der Waals surface area contributed by atoms with E-state index < -0.39 is 0 Å². The molecule has 0 heterocycles. The van der Waals surface area contributed by atoms with Crippen molar-refractivity contribution in [3.8, 4) is 0 Å². The van der Waals surface area contributed by atoms with Gasteiger partial charge < -0.3 is 11.1 Å². The lowest BCUT2D eigenvalue weighted by Crippen LogP contribution is -2.11. The van der Waals surface area contributed by atoms with Crippen LogP contribution in [-0.4, -0.2) is 13.1 Å². The molecule has 0 saturated carbocycles. The zero-order valence-corrected chi connectivity index (χ0v) is 8.66. The first-order valence-electron chi connectivity index (χ1n) is 5.03. The molecule has 0 unspecified atom stereocenters. The van der Waals surface area contributed by atoms with Gasteiger partial charge in [0, 0.05) is 13.1 Å². The third-order valence-electron chi connectivity index (χ3n) is 1.98. The van der Waals surface area contributed by atoms with Crippen molar-refractivity contribution in [2.75, 3.05) is 13.1 Å². The van der Waals surface area contributed by atoms with Gasteiger partial charge in [0.1, 0.15) is 0 Å². The largest absolute Gasteiger partial charge is 0.327 e. The zero-order valence-electron chi connectivity index (χ0n) is 8.66. The zero-order chi connectivity index (χ0) is 10.2. The fourth-order valence-corrected chi connectivity index (χ4v) is 1.28. The molecule has 0 amide bonds. The summed E-state index contributed by atoms with van der Waals surface area (Å²) in [7, 11) is 0. The van der Waals surface area contributed by atoms with Gasteiger partial charge in [-0.25, -0.2) is 0 Å². The summed E-state index contributed by atoms with van der Waals surface area (Å²) >= 11 is 0. The molecule has 0 spiro atoms. The maximum absolute atomic E-state index is 5.40. The highest BCUT2D eigenvalue weighted by Crippen LogP contribution is 2.06. The quantitative estimate of drug-likeness (QED) is 0.742. The van der Waals surface area contributed by atoms with Crippen molar-refractivity contribution in [1.29, 1.82) is 0 Å². The molecule has 0 atom stereocenters. The van der Waals surface area contributed by atoms with Crippen LogP contribution in [0.4, 0.5) is 0 Å². The lowest BCUT2D eigenvalue weighted by molar-refractivity contribution is 0.727. The molecule has 0 aliphatic rings. The molecular formula is C12H18N2. The molecule has 2 heteroatoms. The summed E-state index contributed by atoms with van der Waals surface area (Å²) in [4.78, 5) is 0. The highest BCUT2D eigenvalue weighted by atomic mass is 14.8. The molecule has 0 radical (unpaired) electrons. The summed E-state index contributed by atoms with van der Waals surface area (Å²) in [6.07, 6.45) is 4.02. The van der Waals surface area contributed by atoms with E-state index in [2.05, 4.69) is 42.6 Å². The van der Waals surface area contributed by atoms with E-state index in [-0.39, 0.29) is 0 Å². The minimum atomic E-state index is 0.595. The Hall–Kier alpha value is -1.12. The van der Waals surface area contributed by atoms with Gasteiger partial charge in [0.25, 0.3) is 0 Å². The van der Waals surface area contributed by atoms with Crippen LogP contribution >= 0.6 is 0 Å². The molecule has 1 aromatic carbocycles. The smallest absolute Gasteiger partial charge is 0.0205 e. The number of hydrogen-bond donors (Lipinski definition) is 2. The molecule has 0 fully saturated rings. The molecule has 0 aliphatic heterocycles. The van der Waals surface area contributed by atoms with Crippen LogP contribution in [0, 0.1) is 0 Å². The number of hydrogen-bond acceptors (Lipinski definition) is 2. The van der Waals surface area contributed by atoms with Gasteiger partial charge in [0.2, 0.25) is 0 Å². The van der Waals surface area contributed by atoms with Crippen LogP contribution in [0.25, 0.3) is 6.08 Å². The molecule has 1 rings (SSSR count). The minimum Gasteiger partial charge on any atom is -0.327 e. The van der Waals surface area contributed by atoms with Crippen LogP contribution in [-0.2, 0) is 6.54 Å². The second kappa shape index (κ2) is 6.35. The molecule has 0 saturated heterocycles. The normalized spacial score (nSPS) is 11.0. The summed E-state index contributed by atoms with van der Waals surface area (Å²) in [6.45, 7) is 4.64. The fraction of sp³-hybridized carbons (Fsp3) is 0.333. The Morgan fingerprint density at radius 1 is 1.43 bits per heavy atom. The molecule has 2 nitrogen and oxygen atoms in total. The molecule has 3 N–H and O–H groups in total. The van der Waals surface area contributed by atoms with Crippen molar-refractivity contribution in [2.45, 2.75) is 13.5 Å². The molecular weight excluding hydrogens is 172 g/mol. The van der Waals surface area contributed by atoms with Crippen molar-refractivity contribution >= 4 is 6.08 Å². The predicted molar refractivity (Wildman–Crippen MR) is 61.9 cm³/mol. The first-order chi connectivity index (χ1) is 6.86. The van der Waals surface area contributed by atoms with E-state index in [9.17, 15) is 0 Å². The number of benzene rings is 1. The number of rotatable bonds is 5. The molecule has 14 heavy (non-hydrogen) atoms. The highest BCUT2D eigenvalue weighted by molar-refractivity contribution is 5.50. The Bertz CT molecular complexity index is 292. The minimum absolute atomic E-state index is 0.595. The Kier molecular flexibility index (Phi) is 4.97. The summed E-state index contributed by atoms with van der Waals surface area (Å²) in [5, 5.41) is 3.30. The van der Waals surface area contributed by atoms with Crippen LogP contribution in [0.2, 0.25) is 0 Å². The van der Waals surface area contributed by atoms with Crippen molar-refractivity contribution < 1.29 is 0 Å². The fourth-order valence-electron chi connectivity index (χ4n) is 1.28. The van der Waals surface area contributed by atoms with Gasteiger partial charge in [-0.3, -0.25) is 0 Å². The Morgan fingerprint density at radius 2 is 2.29 bits per heavy atom. The standard InChI is InChI=1S/C12H18N2/c1-2-14-10-12-6-3-5-11(9-12)7-4-8-13/h3-7,9,14H,2,8,10,13H2,1H3. The third-order valence-corrected chi connectivity index (χ3v) is 1.98. The van der Waals surface area contributed by atoms with Crippen LogP contribution in [0.5, 0.6) is 0 Å². The average Bonchev–Trinajstić information content (AvgIpc) is 2.24. The van der Waals surface area contributed by atoms with Crippen molar-refractivity contribution in [3.63, 3.8) is 0 Å². The van der Waals surface area contributed by atoms with Crippen LogP contribution < -0.4 is 11.1 Å². The van der Waals surface area contributed by atoms with Crippen LogP contribution in [0.3, 0.4) is 0 Å². The van der Waals surface area contributed by atoms with E-state index in [1.807, 2.05) is 6.08 Å². The number of nitrogens with one attached hydrogen (secondary N) is 1. The first kappa shape index (κ1) is 11.0. The maximum Gasteiger partial charge on any atom is 0.0205 e. The average molecular weight is 190 g/mol. The second-order valence-corrected chi connectivity index (χ2v) is 3.16. The van der Waals surface area contributed by atoms with Crippen molar-refractivity contribution in [1.82, 2.24) is 5.32 Å². The Morgan fingerprint density at radius 3 is 3.00 bits per heavy atom. The summed E-state index contributed by atoms with van der Waals surface area (Å²) in [5.41, 5.74) is 7.92. The van der Waals surface area contributed by atoms with Gasteiger partial charge in [-0.15, -0.1) is 0 Å². The molecule has 0 aliphatic carbocycles. The highest BCUT2D eigenvalue weighted by Gasteiger charge is 1.91. The topological polar surface area (TPSA) is 38.0 Å². The van der Waals surface area contributed by atoms with E-state index in [1.165, 1.54) is 11.1 Å². The van der Waals surface area contributed by atoms with E-state index in [1.54, 1.807) is 0 Å². The monoisotopic (exact) mass is 190 g/mol. The lowest BCUT2D eigenvalue weighted by atomic mass is 10.1. The molecule has 0 aromatic heterocycles. The van der Waals surface area contributed by atoms with Gasteiger partial charge >= 0.3 is 0 Å². The van der Waals surface area contributed by atoms with E-state index in [0.29, 0.717) is 6.54 Å². The first-order valence-corrected chi connectivity index (χ1v) is 5.03. The van der Waals surface area contributed by atoms with Gasteiger partial charge in [-0.05, 0) is 17.7 Å². The summed E-state index contributed by atoms with van der Waals surface area (Å²) < 4.78 is 0. The molecule has 76 valence electrons. The summed E-state index contributed by atoms with van der Waals surface area (Å²) in [6, 6.07) is 8.46. The summed E-state index contributed by atoms with van der Waals surface area (Å²) in [5.74, 6) is 0. The second-order valence-electron chi connectivity index (χ2n) is 3.16. The van der Waals surface area contributed by atoms with Gasteiger partial charge in [0.05, 0.1) is 0 Å².